The van der Waals surface area contributed by atoms with E-state index in [0.29, 0.717) is 24.9 Å². The van der Waals surface area contributed by atoms with Crippen LogP contribution in [-0.2, 0) is 6.42 Å². The fourth-order valence-corrected chi connectivity index (χ4v) is 1.62. The van der Waals surface area contributed by atoms with E-state index in [2.05, 4.69) is 15.5 Å². The Morgan fingerprint density at radius 1 is 1.21 bits per heavy atom. The molecule has 4 nitrogen and oxygen atoms in total. The summed E-state index contributed by atoms with van der Waals surface area (Å²) >= 11 is 0. The van der Waals surface area contributed by atoms with Gasteiger partial charge in [0.1, 0.15) is 11.6 Å². The molecule has 1 aromatic heterocycles. The highest BCUT2D eigenvalue weighted by Gasteiger charge is 2.10. The number of hydrogen-bond acceptors (Lipinski definition) is 4. The Bertz CT molecular complexity index is 534. The lowest BCUT2D eigenvalue weighted by Crippen LogP contribution is -2.25. The summed E-state index contributed by atoms with van der Waals surface area (Å²) in [5, 5.41) is 6.93. The third-order valence-corrected chi connectivity index (χ3v) is 2.48. The minimum Gasteiger partial charge on any atom is -0.339 e. The molecule has 19 heavy (non-hydrogen) atoms. The summed E-state index contributed by atoms with van der Waals surface area (Å²) in [6, 6.07) is 3.52. The first-order chi connectivity index (χ1) is 9.04. The largest absolute Gasteiger partial charge is 0.339 e. The smallest absolute Gasteiger partial charge is 0.228 e. The molecule has 0 saturated heterocycles. The van der Waals surface area contributed by atoms with E-state index in [-0.39, 0.29) is 11.4 Å². The summed E-state index contributed by atoms with van der Waals surface area (Å²) in [6.07, 6.45) is 0.572. The first kappa shape index (κ1) is 13.6. The maximum atomic E-state index is 13.1. The second-order valence-electron chi connectivity index (χ2n) is 4.53. The van der Waals surface area contributed by atoms with E-state index < -0.39 is 11.6 Å². The predicted octanol–water partition coefficient (Wildman–Crippen LogP) is 2.56. The first-order valence-corrected chi connectivity index (χ1v) is 6.07. The van der Waals surface area contributed by atoms with Gasteiger partial charge in [-0.15, -0.1) is 0 Å². The van der Waals surface area contributed by atoms with E-state index in [1.807, 2.05) is 13.8 Å². The van der Waals surface area contributed by atoms with Crippen LogP contribution in [0.3, 0.4) is 0 Å². The van der Waals surface area contributed by atoms with Crippen LogP contribution in [0, 0.1) is 11.6 Å². The SMILES string of the molecule is CC(C)NCCc1nc(-c2cc(F)cc(F)c2)no1. The molecular formula is C13H15F2N3O. The molecule has 0 fully saturated rings. The maximum absolute atomic E-state index is 13.1. The summed E-state index contributed by atoms with van der Waals surface area (Å²) in [5.74, 6) is -0.698. The van der Waals surface area contributed by atoms with Gasteiger partial charge < -0.3 is 9.84 Å². The monoisotopic (exact) mass is 267 g/mol. The second-order valence-corrected chi connectivity index (χ2v) is 4.53. The lowest BCUT2D eigenvalue weighted by Gasteiger charge is -2.04. The fourth-order valence-electron chi connectivity index (χ4n) is 1.62. The van der Waals surface area contributed by atoms with Gasteiger partial charge in [0.2, 0.25) is 11.7 Å². The van der Waals surface area contributed by atoms with Crippen molar-refractivity contribution in [1.82, 2.24) is 15.5 Å². The van der Waals surface area contributed by atoms with Crippen molar-refractivity contribution in [3.8, 4) is 11.4 Å². The Labute approximate surface area is 109 Å². The molecule has 0 aliphatic heterocycles. The third-order valence-electron chi connectivity index (χ3n) is 2.48. The molecule has 2 aromatic rings. The molecule has 1 N–H and O–H groups in total. The highest BCUT2D eigenvalue weighted by molar-refractivity contribution is 5.54. The van der Waals surface area contributed by atoms with Crippen molar-refractivity contribution in [2.24, 2.45) is 0 Å². The number of benzene rings is 1. The summed E-state index contributed by atoms with van der Waals surface area (Å²) in [5.41, 5.74) is 0.268. The zero-order valence-electron chi connectivity index (χ0n) is 10.8. The van der Waals surface area contributed by atoms with Crippen LogP contribution >= 0.6 is 0 Å². The molecule has 0 atom stereocenters. The van der Waals surface area contributed by atoms with E-state index in [9.17, 15) is 8.78 Å². The van der Waals surface area contributed by atoms with Crippen molar-refractivity contribution in [3.05, 3.63) is 35.7 Å². The molecule has 1 heterocycles. The number of hydrogen-bond donors (Lipinski definition) is 1. The van der Waals surface area contributed by atoms with Crippen molar-refractivity contribution in [3.63, 3.8) is 0 Å². The second kappa shape index (κ2) is 5.88. The predicted molar refractivity (Wildman–Crippen MR) is 66.5 cm³/mol. The molecule has 0 bridgehead atoms. The molecule has 0 aliphatic carbocycles. The van der Waals surface area contributed by atoms with E-state index >= 15 is 0 Å². The fraction of sp³-hybridized carbons (Fsp3) is 0.385. The topological polar surface area (TPSA) is 51.0 Å². The summed E-state index contributed by atoms with van der Waals surface area (Å²) < 4.78 is 31.2. The minimum atomic E-state index is -0.664. The van der Waals surface area contributed by atoms with Crippen molar-refractivity contribution in [2.75, 3.05) is 6.54 Å². The van der Waals surface area contributed by atoms with Crippen LogP contribution in [-0.4, -0.2) is 22.7 Å². The molecule has 1 aromatic carbocycles. The zero-order chi connectivity index (χ0) is 13.8. The highest BCUT2D eigenvalue weighted by Crippen LogP contribution is 2.18. The van der Waals surface area contributed by atoms with Gasteiger partial charge in [-0.05, 0) is 12.1 Å². The molecule has 0 spiro atoms. The van der Waals surface area contributed by atoms with Crippen LogP contribution in [0.4, 0.5) is 8.78 Å². The summed E-state index contributed by atoms with van der Waals surface area (Å²) in [4.78, 5) is 4.11. The number of halogens is 2. The Hall–Kier alpha value is -1.82. The Balaban J connectivity index is 2.07. The van der Waals surface area contributed by atoms with Crippen LogP contribution in [0.1, 0.15) is 19.7 Å². The van der Waals surface area contributed by atoms with Crippen molar-refractivity contribution in [1.29, 1.82) is 0 Å². The van der Waals surface area contributed by atoms with Gasteiger partial charge in [-0.2, -0.15) is 4.98 Å². The van der Waals surface area contributed by atoms with Crippen LogP contribution in [0.2, 0.25) is 0 Å². The average molecular weight is 267 g/mol. The first-order valence-electron chi connectivity index (χ1n) is 6.07. The molecule has 2 rings (SSSR count). The molecule has 102 valence electrons. The Kier molecular flexibility index (Phi) is 4.21. The summed E-state index contributed by atoms with van der Waals surface area (Å²) in [7, 11) is 0. The van der Waals surface area contributed by atoms with Gasteiger partial charge in [-0.25, -0.2) is 8.78 Å². The van der Waals surface area contributed by atoms with Crippen LogP contribution in [0.5, 0.6) is 0 Å². The third kappa shape index (κ3) is 3.82. The van der Waals surface area contributed by atoms with Crippen molar-refractivity contribution in [2.45, 2.75) is 26.3 Å². The van der Waals surface area contributed by atoms with Crippen molar-refractivity contribution >= 4 is 0 Å². The van der Waals surface area contributed by atoms with Crippen molar-refractivity contribution < 1.29 is 13.3 Å². The summed E-state index contributed by atoms with van der Waals surface area (Å²) in [6.45, 7) is 4.78. The molecule has 0 amide bonds. The lowest BCUT2D eigenvalue weighted by atomic mass is 10.2. The van der Waals surface area contributed by atoms with Gasteiger partial charge in [0, 0.05) is 30.6 Å². The highest BCUT2D eigenvalue weighted by atomic mass is 19.1. The van der Waals surface area contributed by atoms with E-state index in [1.54, 1.807) is 0 Å². The lowest BCUT2D eigenvalue weighted by molar-refractivity contribution is 0.374. The average Bonchev–Trinajstić information content (AvgIpc) is 2.76. The number of nitrogens with one attached hydrogen (secondary N) is 1. The van der Waals surface area contributed by atoms with Crippen LogP contribution in [0.25, 0.3) is 11.4 Å². The quantitative estimate of drug-likeness (QED) is 0.904. The van der Waals surface area contributed by atoms with Gasteiger partial charge >= 0.3 is 0 Å². The molecule has 6 heteroatoms. The van der Waals surface area contributed by atoms with Gasteiger partial charge in [-0.1, -0.05) is 19.0 Å². The molecule has 0 unspecified atom stereocenters. The van der Waals surface area contributed by atoms with E-state index in [1.165, 1.54) is 12.1 Å². The standard InChI is InChI=1S/C13H15F2N3O/c1-8(2)16-4-3-12-17-13(18-19-12)9-5-10(14)7-11(15)6-9/h5-8,16H,3-4H2,1-2H3. The molecular weight excluding hydrogens is 252 g/mol. The Morgan fingerprint density at radius 3 is 2.53 bits per heavy atom. The molecule has 0 radical (unpaired) electrons. The normalized spacial score (nSPS) is 11.2. The van der Waals surface area contributed by atoms with Gasteiger partial charge in [0.05, 0.1) is 0 Å². The Morgan fingerprint density at radius 2 is 1.89 bits per heavy atom. The van der Waals surface area contributed by atoms with Gasteiger partial charge in [-0.3, -0.25) is 0 Å². The van der Waals surface area contributed by atoms with Crippen LogP contribution in [0.15, 0.2) is 22.7 Å². The number of rotatable bonds is 5. The minimum absolute atomic E-state index is 0.193. The van der Waals surface area contributed by atoms with Gasteiger partial charge in [0.15, 0.2) is 0 Å². The van der Waals surface area contributed by atoms with E-state index in [0.717, 1.165) is 6.07 Å². The van der Waals surface area contributed by atoms with E-state index in [4.69, 9.17) is 4.52 Å². The number of aromatic nitrogens is 2. The molecule has 0 aliphatic rings. The maximum Gasteiger partial charge on any atom is 0.228 e. The zero-order valence-corrected chi connectivity index (χ0v) is 10.8. The van der Waals surface area contributed by atoms with Gasteiger partial charge in [0.25, 0.3) is 0 Å². The number of nitrogens with zero attached hydrogens (tertiary/aromatic N) is 2. The molecule has 0 saturated carbocycles. The van der Waals surface area contributed by atoms with Crippen LogP contribution < -0.4 is 5.32 Å².